The topological polar surface area (TPSA) is 40.5 Å². The van der Waals surface area contributed by atoms with E-state index >= 15 is 0 Å². The second-order valence-corrected chi connectivity index (χ2v) is 3.99. The average molecular weight is 198 g/mol. The Kier molecular flexibility index (Phi) is 3.96. The monoisotopic (exact) mass is 198 g/mol. The third-order valence-electron chi connectivity index (χ3n) is 1.70. The minimum atomic E-state index is 0.205. The summed E-state index contributed by atoms with van der Waals surface area (Å²) in [6, 6.07) is 4.60. The molecule has 0 bridgehead atoms. The van der Waals surface area contributed by atoms with Gasteiger partial charge in [0.2, 0.25) is 0 Å². The fourth-order valence-corrected chi connectivity index (χ4v) is 2.02. The number of aromatic hydroxyl groups is 2. The standard InChI is InChI=1S/C10H14O2S/c1-2-3-6-13-10-7-8(11)4-5-9(10)12/h4-5,7,11-12H,2-3,6H2,1H3. The first-order valence-electron chi connectivity index (χ1n) is 4.39. The molecule has 0 spiro atoms. The van der Waals surface area contributed by atoms with Gasteiger partial charge in [-0.25, -0.2) is 0 Å². The normalized spacial score (nSPS) is 10.2. The van der Waals surface area contributed by atoms with Crippen LogP contribution in [-0.4, -0.2) is 16.0 Å². The second-order valence-electron chi connectivity index (χ2n) is 2.85. The minimum Gasteiger partial charge on any atom is -0.508 e. The van der Waals surface area contributed by atoms with Gasteiger partial charge in [0.15, 0.2) is 0 Å². The number of hydrogen-bond donors (Lipinski definition) is 2. The zero-order valence-corrected chi connectivity index (χ0v) is 8.47. The van der Waals surface area contributed by atoms with Gasteiger partial charge in [-0.05, 0) is 30.4 Å². The predicted molar refractivity (Wildman–Crippen MR) is 55.4 cm³/mol. The number of phenols is 2. The zero-order valence-electron chi connectivity index (χ0n) is 7.66. The molecule has 0 atom stereocenters. The van der Waals surface area contributed by atoms with E-state index in [0.717, 1.165) is 23.5 Å². The number of rotatable bonds is 4. The highest BCUT2D eigenvalue weighted by Crippen LogP contribution is 2.31. The molecule has 3 heteroatoms. The fourth-order valence-electron chi connectivity index (χ4n) is 0.945. The Morgan fingerprint density at radius 2 is 2.08 bits per heavy atom. The summed E-state index contributed by atoms with van der Waals surface area (Å²) in [5, 5.41) is 18.6. The van der Waals surface area contributed by atoms with Crippen molar-refractivity contribution >= 4 is 11.8 Å². The van der Waals surface area contributed by atoms with E-state index in [9.17, 15) is 5.11 Å². The molecule has 0 aliphatic rings. The van der Waals surface area contributed by atoms with Gasteiger partial charge in [0.1, 0.15) is 11.5 Å². The number of hydrogen-bond acceptors (Lipinski definition) is 3. The highest BCUT2D eigenvalue weighted by atomic mass is 32.2. The van der Waals surface area contributed by atoms with Crippen molar-refractivity contribution in [2.45, 2.75) is 24.7 Å². The van der Waals surface area contributed by atoms with Crippen LogP contribution in [0.5, 0.6) is 11.5 Å². The molecule has 0 unspecified atom stereocenters. The molecule has 0 fully saturated rings. The quantitative estimate of drug-likeness (QED) is 0.444. The summed E-state index contributed by atoms with van der Waals surface area (Å²) in [5.74, 6) is 1.43. The van der Waals surface area contributed by atoms with Crippen molar-refractivity contribution in [2.75, 3.05) is 5.75 Å². The molecule has 0 radical (unpaired) electrons. The molecule has 2 N–H and O–H groups in total. The van der Waals surface area contributed by atoms with Crippen molar-refractivity contribution in [1.29, 1.82) is 0 Å². The summed E-state index contributed by atoms with van der Waals surface area (Å²) in [5.41, 5.74) is 0. The van der Waals surface area contributed by atoms with E-state index in [0.29, 0.717) is 0 Å². The predicted octanol–water partition coefficient (Wildman–Crippen LogP) is 2.99. The van der Waals surface area contributed by atoms with E-state index in [1.165, 1.54) is 12.1 Å². The summed E-state index contributed by atoms with van der Waals surface area (Å²) in [7, 11) is 0. The number of unbranched alkanes of at least 4 members (excludes halogenated alkanes) is 1. The first kappa shape index (κ1) is 10.3. The van der Waals surface area contributed by atoms with Gasteiger partial charge in [0.05, 0.1) is 4.90 Å². The van der Waals surface area contributed by atoms with Crippen LogP contribution in [0.3, 0.4) is 0 Å². The van der Waals surface area contributed by atoms with Crippen LogP contribution in [0.25, 0.3) is 0 Å². The van der Waals surface area contributed by atoms with Crippen LogP contribution in [0.2, 0.25) is 0 Å². The molecule has 0 aliphatic heterocycles. The lowest BCUT2D eigenvalue weighted by Crippen LogP contribution is -1.79. The van der Waals surface area contributed by atoms with Crippen molar-refractivity contribution < 1.29 is 10.2 Å². The van der Waals surface area contributed by atoms with Crippen molar-refractivity contribution in [3.05, 3.63) is 18.2 Å². The Bertz CT molecular complexity index is 274. The van der Waals surface area contributed by atoms with Crippen LogP contribution in [0, 0.1) is 0 Å². The molecule has 0 aromatic heterocycles. The summed E-state index contributed by atoms with van der Waals surface area (Å²) in [6.07, 6.45) is 2.27. The van der Waals surface area contributed by atoms with E-state index < -0.39 is 0 Å². The zero-order chi connectivity index (χ0) is 9.68. The van der Waals surface area contributed by atoms with Crippen LogP contribution in [0.4, 0.5) is 0 Å². The van der Waals surface area contributed by atoms with Crippen LogP contribution in [-0.2, 0) is 0 Å². The minimum absolute atomic E-state index is 0.205. The second kappa shape index (κ2) is 5.02. The van der Waals surface area contributed by atoms with E-state index in [1.807, 2.05) is 0 Å². The molecule has 0 saturated heterocycles. The lowest BCUT2D eigenvalue weighted by molar-refractivity contribution is 0.448. The van der Waals surface area contributed by atoms with Gasteiger partial charge < -0.3 is 10.2 Å². The summed E-state index contributed by atoms with van der Waals surface area (Å²) < 4.78 is 0. The van der Waals surface area contributed by atoms with E-state index in [2.05, 4.69) is 6.92 Å². The van der Waals surface area contributed by atoms with Gasteiger partial charge in [-0.1, -0.05) is 13.3 Å². The molecule has 13 heavy (non-hydrogen) atoms. The van der Waals surface area contributed by atoms with Crippen LogP contribution >= 0.6 is 11.8 Å². The summed E-state index contributed by atoms with van der Waals surface area (Å²) in [4.78, 5) is 0.758. The lowest BCUT2D eigenvalue weighted by atomic mass is 10.3. The SMILES string of the molecule is CCCCSc1cc(O)ccc1O. The van der Waals surface area contributed by atoms with Gasteiger partial charge >= 0.3 is 0 Å². The Morgan fingerprint density at radius 1 is 1.31 bits per heavy atom. The molecule has 0 saturated carbocycles. The van der Waals surface area contributed by atoms with Crippen molar-refractivity contribution in [2.24, 2.45) is 0 Å². The lowest BCUT2D eigenvalue weighted by Gasteiger charge is -2.03. The molecule has 1 aromatic carbocycles. The third kappa shape index (κ3) is 3.19. The fraction of sp³-hybridized carbons (Fsp3) is 0.400. The van der Waals surface area contributed by atoms with Crippen molar-refractivity contribution in [3.8, 4) is 11.5 Å². The number of benzene rings is 1. The summed E-state index contributed by atoms with van der Waals surface area (Å²) in [6.45, 7) is 2.13. The van der Waals surface area contributed by atoms with Gasteiger partial charge in [-0.3, -0.25) is 0 Å². The Morgan fingerprint density at radius 3 is 2.77 bits per heavy atom. The summed E-state index contributed by atoms with van der Waals surface area (Å²) >= 11 is 1.58. The van der Waals surface area contributed by atoms with E-state index in [1.54, 1.807) is 17.8 Å². The highest BCUT2D eigenvalue weighted by Gasteiger charge is 2.01. The van der Waals surface area contributed by atoms with Crippen LogP contribution in [0.15, 0.2) is 23.1 Å². The van der Waals surface area contributed by atoms with E-state index in [-0.39, 0.29) is 11.5 Å². The first-order chi connectivity index (χ1) is 6.24. The number of phenolic OH excluding ortho intramolecular Hbond substituents is 2. The molecular formula is C10H14O2S. The molecular weight excluding hydrogens is 184 g/mol. The highest BCUT2D eigenvalue weighted by molar-refractivity contribution is 7.99. The molecule has 72 valence electrons. The van der Waals surface area contributed by atoms with Gasteiger partial charge in [0.25, 0.3) is 0 Å². The maximum absolute atomic E-state index is 9.40. The van der Waals surface area contributed by atoms with Crippen molar-refractivity contribution in [3.63, 3.8) is 0 Å². The molecule has 1 rings (SSSR count). The maximum atomic E-state index is 9.40. The molecule has 0 heterocycles. The molecule has 0 aliphatic carbocycles. The molecule has 2 nitrogen and oxygen atoms in total. The number of thioether (sulfide) groups is 1. The van der Waals surface area contributed by atoms with Gasteiger partial charge in [0, 0.05) is 0 Å². The Hall–Kier alpha value is -0.830. The van der Waals surface area contributed by atoms with Gasteiger partial charge in [-0.2, -0.15) is 0 Å². The average Bonchev–Trinajstić information content (AvgIpc) is 2.11. The Balaban J connectivity index is 2.59. The first-order valence-corrected chi connectivity index (χ1v) is 5.37. The molecule has 1 aromatic rings. The van der Waals surface area contributed by atoms with Crippen LogP contribution in [0.1, 0.15) is 19.8 Å². The van der Waals surface area contributed by atoms with Crippen molar-refractivity contribution in [1.82, 2.24) is 0 Å². The molecule has 0 amide bonds. The Labute approximate surface area is 82.6 Å². The van der Waals surface area contributed by atoms with E-state index in [4.69, 9.17) is 5.11 Å². The maximum Gasteiger partial charge on any atom is 0.129 e. The van der Waals surface area contributed by atoms with Gasteiger partial charge in [-0.15, -0.1) is 11.8 Å². The van der Waals surface area contributed by atoms with Crippen LogP contribution < -0.4 is 0 Å². The smallest absolute Gasteiger partial charge is 0.129 e. The third-order valence-corrected chi connectivity index (χ3v) is 2.83. The largest absolute Gasteiger partial charge is 0.508 e.